The molecule has 0 N–H and O–H groups in total. The van der Waals surface area contributed by atoms with Gasteiger partial charge in [0, 0.05) is 17.4 Å². The van der Waals surface area contributed by atoms with E-state index in [0.717, 1.165) is 12.2 Å². The van der Waals surface area contributed by atoms with Gasteiger partial charge in [0.05, 0.1) is 11.4 Å². The van der Waals surface area contributed by atoms with Crippen molar-refractivity contribution in [2.45, 2.75) is 39.5 Å². The van der Waals surface area contributed by atoms with Crippen molar-refractivity contribution in [3.8, 4) is 11.1 Å². The normalized spacial score (nSPS) is 13.3. The minimum atomic E-state index is 0.0508. The Morgan fingerprint density at radius 2 is 1.78 bits per heavy atom. The van der Waals surface area contributed by atoms with Gasteiger partial charge in [-0.1, -0.05) is 45.0 Å². The summed E-state index contributed by atoms with van der Waals surface area (Å²) in [4.78, 5) is 9.34. The molecule has 2 aromatic rings. The molecule has 92 valence electrons. The van der Waals surface area contributed by atoms with Crippen molar-refractivity contribution in [2.75, 3.05) is 0 Å². The molecule has 1 aliphatic rings. The molecule has 0 fully saturated rings. The van der Waals surface area contributed by atoms with E-state index in [9.17, 15) is 0 Å². The summed E-state index contributed by atoms with van der Waals surface area (Å²) in [6, 6.07) is 8.58. The highest BCUT2D eigenvalue weighted by Crippen LogP contribution is 2.41. The average molecular weight is 238 g/mol. The SMILES string of the molecule is Cc1nc2c(c(C(C)(C)C)n1)-c1ccccc1C2. The van der Waals surface area contributed by atoms with E-state index in [1.54, 1.807) is 0 Å². The Hall–Kier alpha value is -1.70. The maximum Gasteiger partial charge on any atom is 0.125 e. The third kappa shape index (κ3) is 1.64. The van der Waals surface area contributed by atoms with Crippen LogP contribution in [0.15, 0.2) is 24.3 Å². The summed E-state index contributed by atoms with van der Waals surface area (Å²) in [6.45, 7) is 8.64. The van der Waals surface area contributed by atoms with Crippen molar-refractivity contribution in [1.29, 1.82) is 0 Å². The first-order chi connectivity index (χ1) is 8.47. The van der Waals surface area contributed by atoms with Crippen molar-refractivity contribution >= 4 is 0 Å². The van der Waals surface area contributed by atoms with Crippen LogP contribution in [0, 0.1) is 6.92 Å². The lowest BCUT2D eigenvalue weighted by molar-refractivity contribution is 0.565. The molecule has 2 nitrogen and oxygen atoms in total. The maximum atomic E-state index is 4.70. The van der Waals surface area contributed by atoms with Gasteiger partial charge in [-0.2, -0.15) is 0 Å². The Morgan fingerprint density at radius 3 is 2.50 bits per heavy atom. The molecule has 2 heteroatoms. The third-order valence-electron chi connectivity index (χ3n) is 3.45. The fraction of sp³-hybridized carbons (Fsp3) is 0.375. The van der Waals surface area contributed by atoms with Crippen LogP contribution in [0.3, 0.4) is 0 Å². The van der Waals surface area contributed by atoms with E-state index in [4.69, 9.17) is 4.98 Å². The molecule has 0 amide bonds. The van der Waals surface area contributed by atoms with E-state index < -0.39 is 0 Å². The van der Waals surface area contributed by atoms with Gasteiger partial charge in [0.25, 0.3) is 0 Å². The zero-order chi connectivity index (χ0) is 12.9. The van der Waals surface area contributed by atoms with Crippen molar-refractivity contribution in [3.05, 3.63) is 47.0 Å². The molecule has 1 aliphatic carbocycles. The number of hydrogen-bond donors (Lipinski definition) is 0. The van der Waals surface area contributed by atoms with Gasteiger partial charge >= 0.3 is 0 Å². The summed E-state index contributed by atoms with van der Waals surface area (Å²) < 4.78 is 0. The van der Waals surface area contributed by atoms with Crippen LogP contribution in [0.25, 0.3) is 11.1 Å². The predicted octanol–water partition coefficient (Wildman–Crippen LogP) is 3.65. The first-order valence-electron chi connectivity index (χ1n) is 6.43. The minimum absolute atomic E-state index is 0.0508. The molecule has 1 aromatic carbocycles. The smallest absolute Gasteiger partial charge is 0.125 e. The molecule has 0 saturated heterocycles. The second-order valence-corrected chi connectivity index (χ2v) is 6.03. The summed E-state index contributed by atoms with van der Waals surface area (Å²) >= 11 is 0. The lowest BCUT2D eigenvalue weighted by atomic mass is 9.87. The first kappa shape index (κ1) is 11.4. The highest BCUT2D eigenvalue weighted by atomic mass is 14.9. The van der Waals surface area contributed by atoms with Gasteiger partial charge in [0.1, 0.15) is 5.82 Å². The summed E-state index contributed by atoms with van der Waals surface area (Å²) in [5.41, 5.74) is 6.37. The summed E-state index contributed by atoms with van der Waals surface area (Å²) in [5, 5.41) is 0. The molecule has 0 atom stereocenters. The Balaban J connectivity index is 2.33. The van der Waals surface area contributed by atoms with Crippen LogP contribution in [0.1, 0.15) is 43.5 Å². The lowest BCUT2D eigenvalue weighted by Crippen LogP contribution is -2.17. The van der Waals surface area contributed by atoms with Gasteiger partial charge in [-0.15, -0.1) is 0 Å². The summed E-state index contributed by atoms with van der Waals surface area (Å²) in [6.07, 6.45) is 0.942. The number of aryl methyl sites for hydroxylation is 1. The predicted molar refractivity (Wildman–Crippen MR) is 73.7 cm³/mol. The second-order valence-electron chi connectivity index (χ2n) is 6.03. The number of aromatic nitrogens is 2. The van der Waals surface area contributed by atoms with Gasteiger partial charge < -0.3 is 0 Å². The topological polar surface area (TPSA) is 25.8 Å². The molecule has 0 aliphatic heterocycles. The Morgan fingerprint density at radius 1 is 1.06 bits per heavy atom. The fourth-order valence-electron chi connectivity index (χ4n) is 2.68. The molecular formula is C16H18N2. The quantitative estimate of drug-likeness (QED) is 0.597. The fourth-order valence-corrected chi connectivity index (χ4v) is 2.68. The van der Waals surface area contributed by atoms with Crippen LogP contribution in [-0.2, 0) is 11.8 Å². The van der Waals surface area contributed by atoms with Crippen molar-refractivity contribution in [2.24, 2.45) is 0 Å². The highest BCUT2D eigenvalue weighted by molar-refractivity contribution is 5.77. The highest BCUT2D eigenvalue weighted by Gasteiger charge is 2.29. The van der Waals surface area contributed by atoms with E-state index in [1.807, 2.05) is 6.92 Å². The van der Waals surface area contributed by atoms with Gasteiger partial charge in [-0.25, -0.2) is 9.97 Å². The van der Waals surface area contributed by atoms with Crippen LogP contribution in [0.2, 0.25) is 0 Å². The molecule has 0 bridgehead atoms. The zero-order valence-corrected chi connectivity index (χ0v) is 11.4. The van der Waals surface area contributed by atoms with E-state index in [0.29, 0.717) is 0 Å². The van der Waals surface area contributed by atoms with Crippen LogP contribution >= 0.6 is 0 Å². The molecule has 18 heavy (non-hydrogen) atoms. The Kier molecular flexibility index (Phi) is 2.31. The molecule has 0 unspecified atom stereocenters. The number of rotatable bonds is 0. The molecular weight excluding hydrogens is 220 g/mol. The van der Waals surface area contributed by atoms with E-state index >= 15 is 0 Å². The van der Waals surface area contributed by atoms with Crippen LogP contribution in [0.4, 0.5) is 0 Å². The second kappa shape index (κ2) is 3.64. The lowest BCUT2D eigenvalue weighted by Gasteiger charge is -2.22. The number of hydrogen-bond acceptors (Lipinski definition) is 2. The number of nitrogens with zero attached hydrogens (tertiary/aromatic N) is 2. The zero-order valence-electron chi connectivity index (χ0n) is 11.4. The standard InChI is InChI=1S/C16H18N2/c1-10-17-13-9-11-7-5-6-8-12(11)14(13)15(18-10)16(2,3)4/h5-8H,9H2,1-4H3. The van der Waals surface area contributed by atoms with Crippen molar-refractivity contribution in [1.82, 2.24) is 9.97 Å². The maximum absolute atomic E-state index is 4.70. The number of benzene rings is 1. The minimum Gasteiger partial charge on any atom is -0.237 e. The number of fused-ring (bicyclic) bond motifs is 3. The molecule has 0 radical (unpaired) electrons. The van der Waals surface area contributed by atoms with Gasteiger partial charge in [-0.3, -0.25) is 0 Å². The van der Waals surface area contributed by atoms with Gasteiger partial charge in [0.15, 0.2) is 0 Å². The van der Waals surface area contributed by atoms with Crippen LogP contribution in [-0.4, -0.2) is 9.97 Å². The third-order valence-corrected chi connectivity index (χ3v) is 3.45. The van der Waals surface area contributed by atoms with Crippen LogP contribution < -0.4 is 0 Å². The summed E-state index contributed by atoms with van der Waals surface area (Å²) in [5.74, 6) is 0.881. The molecule has 1 heterocycles. The molecule has 0 saturated carbocycles. The Bertz CT molecular complexity index is 621. The largest absolute Gasteiger partial charge is 0.237 e. The van der Waals surface area contributed by atoms with E-state index in [2.05, 4.69) is 50.0 Å². The van der Waals surface area contributed by atoms with E-state index in [-0.39, 0.29) is 5.41 Å². The van der Waals surface area contributed by atoms with Gasteiger partial charge in [0.2, 0.25) is 0 Å². The Labute approximate surface area is 108 Å². The molecule has 3 rings (SSSR count). The van der Waals surface area contributed by atoms with Gasteiger partial charge in [-0.05, 0) is 18.1 Å². The monoisotopic (exact) mass is 238 g/mol. The summed E-state index contributed by atoms with van der Waals surface area (Å²) in [7, 11) is 0. The molecule has 0 spiro atoms. The van der Waals surface area contributed by atoms with Crippen molar-refractivity contribution in [3.63, 3.8) is 0 Å². The average Bonchev–Trinajstić information content (AvgIpc) is 2.64. The molecule has 1 aromatic heterocycles. The van der Waals surface area contributed by atoms with E-state index in [1.165, 1.54) is 28.1 Å². The first-order valence-corrected chi connectivity index (χ1v) is 6.43. The van der Waals surface area contributed by atoms with Crippen molar-refractivity contribution < 1.29 is 0 Å². The van der Waals surface area contributed by atoms with Crippen LogP contribution in [0.5, 0.6) is 0 Å².